The van der Waals surface area contributed by atoms with Crippen molar-refractivity contribution in [2.75, 3.05) is 14.2 Å². The number of benzene rings is 1. The first-order valence-electron chi connectivity index (χ1n) is 9.04. The lowest BCUT2D eigenvalue weighted by atomic mass is 10.00. The lowest BCUT2D eigenvalue weighted by molar-refractivity contribution is -0.179. The number of hydroxylamine groups is 2. The second-order valence-electron chi connectivity index (χ2n) is 7.16. The molecule has 0 radical (unpaired) electrons. The van der Waals surface area contributed by atoms with Crippen molar-refractivity contribution < 1.29 is 14.4 Å². The summed E-state index contributed by atoms with van der Waals surface area (Å²) in [5, 5.41) is 7.79. The van der Waals surface area contributed by atoms with Gasteiger partial charge in [-0.2, -0.15) is 10.2 Å². The molecule has 1 aliphatic carbocycles. The van der Waals surface area contributed by atoms with Gasteiger partial charge in [0.1, 0.15) is 0 Å². The number of hydrogen-bond donors (Lipinski definition) is 0. The van der Waals surface area contributed by atoms with Crippen molar-refractivity contribution in [3.8, 4) is 0 Å². The predicted molar refractivity (Wildman–Crippen MR) is 94.0 cm³/mol. The molecule has 6 heteroatoms. The minimum absolute atomic E-state index is 0.0423. The van der Waals surface area contributed by atoms with E-state index in [-0.39, 0.29) is 12.0 Å². The molecule has 0 N–H and O–H groups in total. The zero-order chi connectivity index (χ0) is 17.6. The Morgan fingerprint density at radius 1 is 1.32 bits per heavy atom. The highest BCUT2D eigenvalue weighted by Gasteiger charge is 2.37. The van der Waals surface area contributed by atoms with Crippen molar-refractivity contribution in [3.63, 3.8) is 0 Å². The minimum Gasteiger partial charge on any atom is -0.467 e. The van der Waals surface area contributed by atoms with Gasteiger partial charge in [-0.25, -0.2) is 4.79 Å². The SMILES string of the molecule is COC(=O)C1CC(c2ccc3c(C)nn(C4CCCC4)c3c2)N(C)O1. The van der Waals surface area contributed by atoms with Crippen molar-refractivity contribution >= 4 is 16.9 Å². The molecule has 4 rings (SSSR count). The molecule has 2 aromatic rings. The van der Waals surface area contributed by atoms with E-state index in [0.717, 1.165) is 11.3 Å². The molecule has 134 valence electrons. The smallest absolute Gasteiger partial charge is 0.337 e. The van der Waals surface area contributed by atoms with Gasteiger partial charge in [0.2, 0.25) is 0 Å². The van der Waals surface area contributed by atoms with Gasteiger partial charge in [0.25, 0.3) is 0 Å². The van der Waals surface area contributed by atoms with Gasteiger partial charge in [0, 0.05) is 18.9 Å². The standard InChI is InChI=1S/C19H25N3O3/c1-12-15-9-8-13(16-11-18(19(23)24-3)25-21(16)2)10-17(15)22(20-12)14-6-4-5-7-14/h8-10,14,16,18H,4-7,11H2,1-3H3. The molecule has 2 aliphatic rings. The van der Waals surface area contributed by atoms with E-state index < -0.39 is 6.10 Å². The van der Waals surface area contributed by atoms with Gasteiger partial charge in [-0.05, 0) is 31.4 Å². The average Bonchev–Trinajstić information content (AvgIpc) is 3.33. The number of esters is 1. The van der Waals surface area contributed by atoms with Crippen molar-refractivity contribution in [1.82, 2.24) is 14.8 Å². The average molecular weight is 343 g/mol. The number of methoxy groups -OCH3 is 1. The van der Waals surface area contributed by atoms with E-state index in [9.17, 15) is 4.79 Å². The van der Waals surface area contributed by atoms with Crippen LogP contribution in [0.2, 0.25) is 0 Å². The van der Waals surface area contributed by atoms with Crippen LogP contribution in [-0.4, -0.2) is 41.1 Å². The number of carbonyl (C=O) groups is 1. The van der Waals surface area contributed by atoms with Crippen LogP contribution >= 0.6 is 0 Å². The Balaban J connectivity index is 1.69. The Bertz CT molecular complexity index is 795. The second-order valence-corrected chi connectivity index (χ2v) is 7.16. The van der Waals surface area contributed by atoms with E-state index in [1.54, 1.807) is 5.06 Å². The summed E-state index contributed by atoms with van der Waals surface area (Å²) >= 11 is 0. The summed E-state index contributed by atoms with van der Waals surface area (Å²) in [5.41, 5.74) is 3.43. The topological polar surface area (TPSA) is 56.6 Å². The summed E-state index contributed by atoms with van der Waals surface area (Å²) in [6, 6.07) is 7.04. The van der Waals surface area contributed by atoms with Crippen LogP contribution in [0, 0.1) is 6.92 Å². The Morgan fingerprint density at radius 3 is 2.80 bits per heavy atom. The molecule has 0 bridgehead atoms. The molecule has 1 aromatic carbocycles. The number of nitrogens with zero attached hydrogens (tertiary/aromatic N) is 3. The van der Waals surface area contributed by atoms with Gasteiger partial charge in [-0.1, -0.05) is 25.0 Å². The highest BCUT2D eigenvalue weighted by atomic mass is 16.7. The monoisotopic (exact) mass is 343 g/mol. The third-order valence-electron chi connectivity index (χ3n) is 5.61. The lowest BCUT2D eigenvalue weighted by Crippen LogP contribution is -2.23. The fourth-order valence-electron chi connectivity index (χ4n) is 4.23. The third kappa shape index (κ3) is 2.83. The fraction of sp³-hybridized carbons (Fsp3) is 0.579. The van der Waals surface area contributed by atoms with E-state index in [1.165, 1.54) is 43.7 Å². The molecule has 1 saturated heterocycles. The summed E-state index contributed by atoms with van der Waals surface area (Å²) in [6.07, 6.45) is 5.05. The molecule has 1 aromatic heterocycles. The molecule has 0 amide bonds. The molecule has 25 heavy (non-hydrogen) atoms. The maximum atomic E-state index is 11.8. The van der Waals surface area contributed by atoms with Gasteiger partial charge < -0.3 is 4.74 Å². The normalized spacial score (nSPS) is 25.1. The summed E-state index contributed by atoms with van der Waals surface area (Å²) in [7, 11) is 3.27. The molecule has 2 fully saturated rings. The summed E-state index contributed by atoms with van der Waals surface area (Å²) in [6.45, 7) is 2.07. The summed E-state index contributed by atoms with van der Waals surface area (Å²) in [4.78, 5) is 17.5. The Morgan fingerprint density at radius 2 is 2.08 bits per heavy atom. The first kappa shape index (κ1) is 16.5. The van der Waals surface area contributed by atoms with E-state index in [2.05, 4.69) is 29.8 Å². The number of carbonyl (C=O) groups excluding carboxylic acids is 1. The molecule has 6 nitrogen and oxygen atoms in total. The van der Waals surface area contributed by atoms with Gasteiger partial charge in [0.05, 0.1) is 30.4 Å². The maximum absolute atomic E-state index is 11.8. The second kappa shape index (κ2) is 6.42. The van der Waals surface area contributed by atoms with Crippen LogP contribution in [0.5, 0.6) is 0 Å². The van der Waals surface area contributed by atoms with Crippen LogP contribution < -0.4 is 0 Å². The van der Waals surface area contributed by atoms with E-state index >= 15 is 0 Å². The molecule has 2 atom stereocenters. The molecule has 1 aliphatic heterocycles. The predicted octanol–water partition coefficient (Wildman–Crippen LogP) is 3.31. The maximum Gasteiger partial charge on any atom is 0.337 e. The number of rotatable bonds is 3. The van der Waals surface area contributed by atoms with Crippen LogP contribution in [0.15, 0.2) is 18.2 Å². The lowest BCUT2D eigenvalue weighted by Gasteiger charge is -2.18. The van der Waals surface area contributed by atoms with E-state index in [4.69, 9.17) is 14.7 Å². The number of aromatic nitrogens is 2. The van der Waals surface area contributed by atoms with Gasteiger partial charge >= 0.3 is 5.97 Å². The Hall–Kier alpha value is -1.92. The largest absolute Gasteiger partial charge is 0.467 e. The van der Waals surface area contributed by atoms with E-state index in [1.807, 2.05) is 7.05 Å². The number of aryl methyl sites for hydroxylation is 1. The number of hydrogen-bond acceptors (Lipinski definition) is 5. The van der Waals surface area contributed by atoms with Crippen LogP contribution in [0.25, 0.3) is 10.9 Å². The third-order valence-corrected chi connectivity index (χ3v) is 5.61. The van der Waals surface area contributed by atoms with Crippen LogP contribution in [0.4, 0.5) is 0 Å². The van der Waals surface area contributed by atoms with Crippen LogP contribution in [-0.2, 0) is 14.4 Å². The Labute approximate surface area is 147 Å². The molecular weight excluding hydrogens is 318 g/mol. The Kier molecular flexibility index (Phi) is 4.25. The highest BCUT2D eigenvalue weighted by molar-refractivity contribution is 5.83. The minimum atomic E-state index is -0.530. The number of ether oxygens (including phenoxy) is 1. The van der Waals surface area contributed by atoms with Crippen molar-refractivity contribution in [2.45, 2.75) is 57.2 Å². The van der Waals surface area contributed by atoms with Crippen molar-refractivity contribution in [1.29, 1.82) is 0 Å². The van der Waals surface area contributed by atoms with Crippen molar-refractivity contribution in [3.05, 3.63) is 29.5 Å². The van der Waals surface area contributed by atoms with Gasteiger partial charge in [0.15, 0.2) is 6.10 Å². The first-order valence-corrected chi connectivity index (χ1v) is 9.04. The van der Waals surface area contributed by atoms with Gasteiger partial charge in [-0.15, -0.1) is 0 Å². The van der Waals surface area contributed by atoms with Gasteiger partial charge in [-0.3, -0.25) is 9.52 Å². The van der Waals surface area contributed by atoms with E-state index in [0.29, 0.717) is 12.5 Å². The zero-order valence-electron chi connectivity index (χ0n) is 15.1. The summed E-state index contributed by atoms with van der Waals surface area (Å²) in [5.74, 6) is -0.317. The zero-order valence-corrected chi connectivity index (χ0v) is 15.1. The fourth-order valence-corrected chi connectivity index (χ4v) is 4.23. The van der Waals surface area contributed by atoms with Crippen molar-refractivity contribution in [2.24, 2.45) is 0 Å². The van der Waals surface area contributed by atoms with Crippen LogP contribution in [0.3, 0.4) is 0 Å². The van der Waals surface area contributed by atoms with Crippen LogP contribution in [0.1, 0.15) is 55.4 Å². The summed E-state index contributed by atoms with van der Waals surface area (Å²) < 4.78 is 7.04. The highest BCUT2D eigenvalue weighted by Crippen LogP contribution is 2.37. The molecule has 2 heterocycles. The molecular formula is C19H25N3O3. The quantitative estimate of drug-likeness (QED) is 0.800. The molecule has 2 unspecified atom stereocenters. The number of fused-ring (bicyclic) bond motifs is 1. The molecule has 1 saturated carbocycles. The molecule has 0 spiro atoms. The first-order chi connectivity index (χ1) is 12.1.